The summed E-state index contributed by atoms with van der Waals surface area (Å²) in [6.07, 6.45) is 3.60. The Morgan fingerprint density at radius 2 is 2.00 bits per heavy atom. The number of hydrogen-bond acceptors (Lipinski definition) is 6. The Morgan fingerprint density at radius 1 is 1.08 bits per heavy atom. The van der Waals surface area contributed by atoms with Crippen molar-refractivity contribution in [2.45, 2.75) is 9.10 Å². The predicted molar refractivity (Wildman–Crippen MR) is 100 cm³/mol. The summed E-state index contributed by atoms with van der Waals surface area (Å²) in [5.74, 6) is -0.120. The van der Waals surface area contributed by atoms with E-state index >= 15 is 0 Å². The first-order valence-corrected chi connectivity index (χ1v) is 9.63. The summed E-state index contributed by atoms with van der Waals surface area (Å²) < 4.78 is 1.02. The zero-order chi connectivity index (χ0) is 16.4. The lowest BCUT2D eigenvalue weighted by molar-refractivity contribution is 0.103. The number of pyridine rings is 1. The molecule has 0 spiro atoms. The molecule has 3 aromatic heterocycles. The van der Waals surface area contributed by atoms with E-state index in [0.717, 1.165) is 20.0 Å². The van der Waals surface area contributed by atoms with Crippen LogP contribution in [0.25, 0.3) is 10.9 Å². The molecule has 118 valence electrons. The van der Waals surface area contributed by atoms with Gasteiger partial charge >= 0.3 is 0 Å². The average Bonchev–Trinajstić information content (AvgIpc) is 3.27. The second-order valence-corrected chi connectivity index (χ2v) is 8.16. The minimum absolute atomic E-state index is 0.120. The minimum atomic E-state index is -0.120. The van der Waals surface area contributed by atoms with Gasteiger partial charge in [0.05, 0.1) is 20.8 Å². The van der Waals surface area contributed by atoms with Gasteiger partial charge in [-0.25, -0.2) is 4.98 Å². The lowest BCUT2D eigenvalue weighted by atomic mass is 10.2. The maximum atomic E-state index is 12.1. The maximum absolute atomic E-state index is 12.1. The number of anilines is 1. The Morgan fingerprint density at radius 3 is 2.88 bits per heavy atom. The minimum Gasteiger partial charge on any atom is -0.297 e. The summed E-state index contributed by atoms with van der Waals surface area (Å²) in [4.78, 5) is 22.5. The van der Waals surface area contributed by atoms with Crippen LogP contribution in [0.3, 0.4) is 0 Å². The Kier molecular flexibility index (Phi) is 4.29. The highest BCUT2D eigenvalue weighted by molar-refractivity contribution is 8.01. The fraction of sp³-hybridized carbons (Fsp3) is 0. The van der Waals surface area contributed by atoms with Gasteiger partial charge < -0.3 is 0 Å². The molecule has 0 aliphatic rings. The number of amides is 1. The molecule has 1 amide bonds. The van der Waals surface area contributed by atoms with E-state index < -0.39 is 0 Å². The maximum Gasteiger partial charge on any atom is 0.267 e. The second-order valence-electron chi connectivity index (χ2n) is 4.84. The standard InChI is InChI=1S/C17H11N3OS3/c21-16(14-6-3-9-22-14)20-17-19-10-15(24-17)23-13-7-8-18-12-5-2-1-4-11(12)13/h1-10H,(H,19,20,21). The van der Waals surface area contributed by atoms with Crippen LogP contribution in [0.15, 0.2) is 69.3 Å². The number of nitrogens with one attached hydrogen (secondary N) is 1. The SMILES string of the molecule is O=C(Nc1ncc(Sc2ccnc3ccccc23)s1)c1cccs1. The Balaban J connectivity index is 1.54. The van der Waals surface area contributed by atoms with E-state index in [9.17, 15) is 4.79 Å². The number of carbonyl (C=O) groups is 1. The summed E-state index contributed by atoms with van der Waals surface area (Å²) >= 11 is 4.51. The van der Waals surface area contributed by atoms with Gasteiger partial charge in [-0.15, -0.1) is 11.3 Å². The van der Waals surface area contributed by atoms with Crippen molar-refractivity contribution in [3.05, 3.63) is 65.1 Å². The lowest BCUT2D eigenvalue weighted by Gasteiger charge is -2.03. The molecule has 0 aliphatic heterocycles. The van der Waals surface area contributed by atoms with Gasteiger partial charge in [-0.3, -0.25) is 15.1 Å². The van der Waals surface area contributed by atoms with E-state index in [1.807, 2.05) is 41.9 Å². The Bertz CT molecular complexity index is 990. The van der Waals surface area contributed by atoms with E-state index in [4.69, 9.17) is 0 Å². The first-order valence-electron chi connectivity index (χ1n) is 7.12. The monoisotopic (exact) mass is 369 g/mol. The third-order valence-electron chi connectivity index (χ3n) is 3.27. The van der Waals surface area contributed by atoms with E-state index in [0.29, 0.717) is 10.0 Å². The normalized spacial score (nSPS) is 10.8. The molecule has 4 nitrogen and oxygen atoms in total. The highest BCUT2D eigenvalue weighted by atomic mass is 32.2. The van der Waals surface area contributed by atoms with Gasteiger partial charge in [0.25, 0.3) is 5.91 Å². The van der Waals surface area contributed by atoms with Crippen molar-refractivity contribution in [1.82, 2.24) is 9.97 Å². The van der Waals surface area contributed by atoms with Gasteiger partial charge in [-0.2, -0.15) is 0 Å². The number of nitrogens with zero attached hydrogens (tertiary/aromatic N) is 2. The Labute approximate surface area is 150 Å². The van der Waals surface area contributed by atoms with Crippen LogP contribution in [0, 0.1) is 0 Å². The van der Waals surface area contributed by atoms with E-state index in [1.54, 1.807) is 24.0 Å². The van der Waals surface area contributed by atoms with Crippen LogP contribution in [0.4, 0.5) is 5.13 Å². The number of rotatable bonds is 4. The number of para-hydroxylation sites is 1. The highest BCUT2D eigenvalue weighted by Gasteiger charge is 2.11. The van der Waals surface area contributed by atoms with Crippen LogP contribution in [-0.4, -0.2) is 15.9 Å². The summed E-state index contributed by atoms with van der Waals surface area (Å²) in [5.41, 5.74) is 0.971. The molecule has 0 bridgehead atoms. The number of fused-ring (bicyclic) bond motifs is 1. The zero-order valence-electron chi connectivity index (χ0n) is 12.3. The fourth-order valence-electron chi connectivity index (χ4n) is 2.20. The molecule has 4 aromatic rings. The molecule has 1 aromatic carbocycles. The van der Waals surface area contributed by atoms with E-state index in [-0.39, 0.29) is 5.91 Å². The van der Waals surface area contributed by atoms with Gasteiger partial charge in [0.1, 0.15) is 0 Å². The molecule has 3 heterocycles. The summed E-state index contributed by atoms with van der Waals surface area (Å²) in [6, 6.07) is 13.7. The first-order chi connectivity index (χ1) is 11.8. The van der Waals surface area contributed by atoms with Crippen molar-refractivity contribution in [3.63, 3.8) is 0 Å². The molecule has 0 atom stereocenters. The average molecular weight is 369 g/mol. The first kappa shape index (κ1) is 15.3. The molecule has 0 radical (unpaired) electrons. The molecular weight excluding hydrogens is 358 g/mol. The zero-order valence-corrected chi connectivity index (χ0v) is 14.8. The van der Waals surface area contributed by atoms with Crippen LogP contribution in [-0.2, 0) is 0 Å². The molecule has 0 fully saturated rings. The van der Waals surface area contributed by atoms with Gasteiger partial charge in [0.15, 0.2) is 5.13 Å². The number of carbonyl (C=O) groups excluding carboxylic acids is 1. The van der Waals surface area contributed by atoms with Crippen LogP contribution in [0.5, 0.6) is 0 Å². The molecule has 4 rings (SSSR count). The Hall–Kier alpha value is -2.22. The molecule has 0 saturated carbocycles. The van der Waals surface area contributed by atoms with E-state index in [2.05, 4.69) is 21.4 Å². The molecule has 0 aliphatic carbocycles. The van der Waals surface area contributed by atoms with Gasteiger partial charge in [0, 0.05) is 16.5 Å². The lowest BCUT2D eigenvalue weighted by Crippen LogP contribution is -2.09. The van der Waals surface area contributed by atoms with Crippen molar-refractivity contribution in [1.29, 1.82) is 0 Å². The predicted octanol–water partition coefficient (Wildman–Crippen LogP) is 5.16. The molecule has 7 heteroatoms. The topological polar surface area (TPSA) is 54.9 Å². The number of thiophene rings is 1. The van der Waals surface area contributed by atoms with Crippen molar-refractivity contribution >= 4 is 56.4 Å². The molecule has 1 N–H and O–H groups in total. The summed E-state index contributed by atoms with van der Waals surface area (Å²) in [5, 5.41) is 6.44. The van der Waals surface area contributed by atoms with Crippen LogP contribution in [0.2, 0.25) is 0 Å². The van der Waals surface area contributed by atoms with Crippen molar-refractivity contribution in [2.75, 3.05) is 5.32 Å². The van der Waals surface area contributed by atoms with Crippen molar-refractivity contribution < 1.29 is 4.79 Å². The quantitative estimate of drug-likeness (QED) is 0.540. The third-order valence-corrected chi connectivity index (χ3v) is 6.23. The van der Waals surface area contributed by atoms with Gasteiger partial charge in [-0.05, 0) is 23.6 Å². The van der Waals surface area contributed by atoms with Gasteiger partial charge in [0.2, 0.25) is 0 Å². The number of hydrogen-bond donors (Lipinski definition) is 1. The second kappa shape index (κ2) is 6.72. The highest BCUT2D eigenvalue weighted by Crippen LogP contribution is 2.37. The molecular formula is C17H11N3OS3. The summed E-state index contributed by atoms with van der Waals surface area (Å²) in [7, 11) is 0. The van der Waals surface area contributed by atoms with Crippen LogP contribution >= 0.6 is 34.4 Å². The largest absolute Gasteiger partial charge is 0.297 e. The summed E-state index contributed by atoms with van der Waals surface area (Å²) in [6.45, 7) is 0. The smallest absolute Gasteiger partial charge is 0.267 e. The van der Waals surface area contributed by atoms with Crippen LogP contribution in [0.1, 0.15) is 9.67 Å². The third kappa shape index (κ3) is 3.19. The van der Waals surface area contributed by atoms with Crippen molar-refractivity contribution in [2.24, 2.45) is 0 Å². The van der Waals surface area contributed by atoms with Crippen molar-refractivity contribution in [3.8, 4) is 0 Å². The number of thiazole rings is 1. The van der Waals surface area contributed by atoms with E-state index in [1.165, 1.54) is 22.7 Å². The molecule has 24 heavy (non-hydrogen) atoms. The van der Waals surface area contributed by atoms with Gasteiger partial charge in [-0.1, -0.05) is 47.4 Å². The fourth-order valence-corrected chi connectivity index (χ4v) is 4.77. The molecule has 0 saturated heterocycles. The molecule has 0 unspecified atom stereocenters. The number of aromatic nitrogens is 2. The van der Waals surface area contributed by atoms with Crippen LogP contribution < -0.4 is 5.32 Å². The number of benzene rings is 1.